The molecule has 0 aliphatic rings. The van der Waals surface area contributed by atoms with Crippen molar-refractivity contribution in [1.82, 2.24) is 0 Å². The van der Waals surface area contributed by atoms with Gasteiger partial charge >= 0.3 is 23.9 Å². The molecular formula is C24H20O12. The van der Waals surface area contributed by atoms with E-state index in [1.54, 1.807) is 0 Å². The first-order chi connectivity index (χ1) is 17.3. The number of methoxy groups -OCH3 is 4. The lowest BCUT2D eigenvalue weighted by Crippen LogP contribution is -2.00. The molecule has 4 rings (SSSR count). The van der Waals surface area contributed by atoms with E-state index in [0.717, 1.165) is 0 Å². The van der Waals surface area contributed by atoms with Crippen molar-refractivity contribution in [3.8, 4) is 23.0 Å². The van der Waals surface area contributed by atoms with Gasteiger partial charge in [-0.1, -0.05) is 0 Å². The zero-order chi connectivity index (χ0) is 26.2. The molecule has 0 aliphatic carbocycles. The second kappa shape index (κ2) is 11.4. The highest BCUT2D eigenvalue weighted by atomic mass is 16.5. The zero-order valence-electron chi connectivity index (χ0n) is 19.5. The van der Waals surface area contributed by atoms with E-state index in [-0.39, 0.29) is 45.3 Å². The minimum Gasteiger partial charge on any atom is -0.465 e. The van der Waals surface area contributed by atoms with Crippen molar-refractivity contribution >= 4 is 23.9 Å². The number of carbonyl (C=O) groups is 4. The highest BCUT2D eigenvalue weighted by Crippen LogP contribution is 2.28. The van der Waals surface area contributed by atoms with Crippen molar-refractivity contribution in [2.24, 2.45) is 0 Å². The van der Waals surface area contributed by atoms with Gasteiger partial charge in [-0.3, -0.25) is 0 Å². The lowest BCUT2D eigenvalue weighted by Gasteiger charge is -1.97. The van der Waals surface area contributed by atoms with E-state index in [1.807, 2.05) is 0 Å². The topological polar surface area (TPSA) is 158 Å². The first-order valence-corrected chi connectivity index (χ1v) is 10.0. The lowest BCUT2D eigenvalue weighted by molar-refractivity contribution is 0.0591. The minimum absolute atomic E-state index is 0.206. The predicted octanol–water partition coefficient (Wildman–Crippen LogP) is 4.23. The van der Waals surface area contributed by atoms with E-state index < -0.39 is 23.9 Å². The van der Waals surface area contributed by atoms with E-state index in [2.05, 4.69) is 18.9 Å². The molecule has 0 saturated carbocycles. The molecule has 0 spiro atoms. The van der Waals surface area contributed by atoms with Crippen LogP contribution in [0.5, 0.6) is 0 Å². The minimum atomic E-state index is -0.547. The van der Waals surface area contributed by atoms with Crippen LogP contribution in [0.1, 0.15) is 41.4 Å². The summed E-state index contributed by atoms with van der Waals surface area (Å²) in [5.41, 5.74) is 0.922. The van der Waals surface area contributed by atoms with Gasteiger partial charge in [0.05, 0.1) is 52.1 Å². The summed E-state index contributed by atoms with van der Waals surface area (Å²) >= 11 is 0. The monoisotopic (exact) mass is 500 g/mol. The fourth-order valence-electron chi connectivity index (χ4n) is 2.90. The number of hydrogen-bond acceptors (Lipinski definition) is 12. The van der Waals surface area contributed by atoms with Crippen LogP contribution in [0, 0.1) is 0 Å². The highest BCUT2D eigenvalue weighted by Gasteiger charge is 2.22. The maximum absolute atomic E-state index is 11.5. The molecule has 0 aliphatic heterocycles. The Labute approximate surface area is 203 Å². The maximum Gasteiger partial charge on any atom is 0.341 e. The van der Waals surface area contributed by atoms with Gasteiger partial charge in [-0.2, -0.15) is 0 Å². The Morgan fingerprint density at radius 1 is 0.556 bits per heavy atom. The van der Waals surface area contributed by atoms with Gasteiger partial charge in [-0.15, -0.1) is 0 Å². The van der Waals surface area contributed by atoms with Gasteiger partial charge in [0.25, 0.3) is 0 Å². The smallest absolute Gasteiger partial charge is 0.341 e. The third-order valence-electron chi connectivity index (χ3n) is 4.63. The molecule has 36 heavy (non-hydrogen) atoms. The third-order valence-corrected chi connectivity index (χ3v) is 4.63. The summed E-state index contributed by atoms with van der Waals surface area (Å²) in [5, 5.41) is 0. The van der Waals surface area contributed by atoms with E-state index >= 15 is 0 Å². The molecule has 4 aromatic heterocycles. The average Bonchev–Trinajstić information content (AvgIpc) is 3.71. The first kappa shape index (κ1) is 25.6. The molecule has 12 nitrogen and oxygen atoms in total. The molecule has 188 valence electrons. The Balaban J connectivity index is 0.000000201. The van der Waals surface area contributed by atoms with Crippen molar-refractivity contribution in [2.45, 2.75) is 0 Å². The van der Waals surface area contributed by atoms with E-state index in [4.69, 9.17) is 17.7 Å². The Hall–Kier alpha value is -5.00. The lowest BCUT2D eigenvalue weighted by atomic mass is 10.2. The van der Waals surface area contributed by atoms with Crippen molar-refractivity contribution in [1.29, 1.82) is 0 Å². The second-order valence-corrected chi connectivity index (χ2v) is 6.69. The number of esters is 4. The fraction of sp³-hybridized carbons (Fsp3) is 0.167. The molecule has 0 unspecified atom stereocenters. The van der Waals surface area contributed by atoms with E-state index in [1.165, 1.54) is 77.8 Å². The molecule has 4 aromatic rings. The van der Waals surface area contributed by atoms with Crippen LogP contribution in [0.4, 0.5) is 0 Å². The molecule has 0 amide bonds. The van der Waals surface area contributed by atoms with Crippen LogP contribution in [-0.2, 0) is 18.9 Å². The maximum atomic E-state index is 11.5. The summed E-state index contributed by atoms with van der Waals surface area (Å²) in [7, 11) is 5.06. The SMILES string of the molecule is COC(=O)c1coc(-c2occc2C(=O)OC)c1.COC(=O)c1coc(-c2occc2C(=O)OC)c1. The molecule has 0 aromatic carbocycles. The van der Waals surface area contributed by atoms with Crippen LogP contribution in [0.25, 0.3) is 23.0 Å². The van der Waals surface area contributed by atoms with Crippen molar-refractivity contribution in [3.63, 3.8) is 0 Å². The quantitative estimate of drug-likeness (QED) is 0.274. The molecule has 0 radical (unpaired) electrons. The van der Waals surface area contributed by atoms with Gasteiger partial charge in [0.2, 0.25) is 0 Å². The second-order valence-electron chi connectivity index (χ2n) is 6.69. The van der Waals surface area contributed by atoms with Crippen LogP contribution in [0.2, 0.25) is 0 Å². The number of ether oxygens (including phenoxy) is 4. The summed E-state index contributed by atoms with van der Waals surface area (Å²) in [6, 6.07) is 5.78. The Bertz CT molecular complexity index is 1260. The number of rotatable bonds is 6. The molecule has 0 atom stereocenters. The first-order valence-electron chi connectivity index (χ1n) is 10.0. The van der Waals surface area contributed by atoms with Crippen LogP contribution in [0.15, 0.2) is 67.0 Å². The average molecular weight is 500 g/mol. The number of furan rings is 4. The normalized spacial score (nSPS) is 10.1. The highest BCUT2D eigenvalue weighted by molar-refractivity contribution is 5.97. The van der Waals surface area contributed by atoms with Gasteiger partial charge in [0.15, 0.2) is 23.0 Å². The molecule has 4 heterocycles. The molecular weight excluding hydrogens is 480 g/mol. The van der Waals surface area contributed by atoms with Gasteiger partial charge in [0.1, 0.15) is 23.7 Å². The molecule has 0 bridgehead atoms. The third kappa shape index (κ3) is 5.38. The van der Waals surface area contributed by atoms with Gasteiger partial charge < -0.3 is 36.6 Å². The summed E-state index contributed by atoms with van der Waals surface area (Å²) in [6.07, 6.45) is 5.12. The summed E-state index contributed by atoms with van der Waals surface area (Å²) in [4.78, 5) is 45.4. The van der Waals surface area contributed by atoms with E-state index in [9.17, 15) is 19.2 Å². The molecule has 0 fully saturated rings. The zero-order valence-corrected chi connectivity index (χ0v) is 19.5. The number of hydrogen-bond donors (Lipinski definition) is 0. The van der Waals surface area contributed by atoms with Crippen molar-refractivity contribution in [2.75, 3.05) is 28.4 Å². The van der Waals surface area contributed by atoms with Gasteiger partial charge in [-0.05, 0) is 12.1 Å². The largest absolute Gasteiger partial charge is 0.465 e. The van der Waals surface area contributed by atoms with Crippen LogP contribution >= 0.6 is 0 Å². The van der Waals surface area contributed by atoms with Crippen molar-refractivity contribution < 1.29 is 55.8 Å². The summed E-state index contributed by atoms with van der Waals surface area (Å²) in [5.74, 6) is -1.24. The molecule has 0 N–H and O–H groups in total. The van der Waals surface area contributed by atoms with Crippen molar-refractivity contribution in [3.05, 3.63) is 71.6 Å². The Morgan fingerprint density at radius 3 is 1.25 bits per heavy atom. The summed E-state index contributed by atoms with van der Waals surface area (Å²) in [6.45, 7) is 0. The predicted molar refractivity (Wildman–Crippen MR) is 118 cm³/mol. The Kier molecular flexibility index (Phi) is 8.13. The standard InChI is InChI=1S/2C12H10O6/c2*1-15-11(13)7-5-9(18-6-7)10-8(3-4-17-10)12(14)16-2/h2*3-6H,1-2H3. The van der Waals surface area contributed by atoms with Crippen LogP contribution < -0.4 is 0 Å². The summed E-state index contributed by atoms with van der Waals surface area (Å²) < 4.78 is 38.9. The molecule has 12 heteroatoms. The number of carbonyl (C=O) groups excluding carboxylic acids is 4. The Morgan fingerprint density at radius 2 is 0.917 bits per heavy atom. The van der Waals surface area contributed by atoms with Crippen LogP contribution in [-0.4, -0.2) is 52.3 Å². The fourth-order valence-corrected chi connectivity index (χ4v) is 2.90. The van der Waals surface area contributed by atoms with E-state index in [0.29, 0.717) is 0 Å². The molecule has 0 saturated heterocycles. The van der Waals surface area contributed by atoms with Crippen LogP contribution in [0.3, 0.4) is 0 Å². The van der Waals surface area contributed by atoms with Gasteiger partial charge in [-0.25, -0.2) is 19.2 Å². The van der Waals surface area contributed by atoms with Gasteiger partial charge in [0, 0.05) is 12.1 Å².